The first-order valence-corrected chi connectivity index (χ1v) is 6.57. The van der Waals surface area contributed by atoms with Crippen molar-refractivity contribution in [2.75, 3.05) is 5.32 Å². The van der Waals surface area contributed by atoms with E-state index in [1.807, 2.05) is 13.8 Å². The van der Waals surface area contributed by atoms with Gasteiger partial charge in [-0.15, -0.1) is 10.2 Å². The third kappa shape index (κ3) is 4.47. The molecule has 7 nitrogen and oxygen atoms in total. The maximum absolute atomic E-state index is 12.2. The molecule has 0 saturated heterocycles. The van der Waals surface area contributed by atoms with Crippen LogP contribution in [0, 0.1) is 0 Å². The van der Waals surface area contributed by atoms with Crippen molar-refractivity contribution in [3.05, 3.63) is 30.1 Å². The fraction of sp³-hybridized carbons (Fsp3) is 0.385. The zero-order valence-electron chi connectivity index (χ0n) is 12.0. The molecule has 2 heterocycles. The van der Waals surface area contributed by atoms with E-state index in [9.17, 15) is 13.6 Å². The molecule has 0 aliphatic rings. The number of nitrogens with zero attached hydrogens (tertiary/aromatic N) is 4. The van der Waals surface area contributed by atoms with Crippen LogP contribution in [0.5, 0.6) is 5.88 Å². The minimum atomic E-state index is -2.53. The Morgan fingerprint density at radius 3 is 2.68 bits per heavy atom. The number of nitrogens with one attached hydrogen (secondary N) is 1. The third-order valence-electron chi connectivity index (χ3n) is 2.44. The summed E-state index contributed by atoms with van der Waals surface area (Å²) < 4.78 is 30.8. The smallest absolute Gasteiger partial charge is 0.277 e. The van der Waals surface area contributed by atoms with Crippen molar-refractivity contribution >= 4 is 11.7 Å². The topological polar surface area (TPSA) is 81.9 Å². The lowest BCUT2D eigenvalue weighted by atomic mass is 10.4. The number of alkyl halides is 2. The Kier molecular flexibility index (Phi) is 4.97. The minimum absolute atomic E-state index is 0.0185. The highest BCUT2D eigenvalue weighted by Gasteiger charge is 2.13. The Hall–Kier alpha value is -2.58. The first kappa shape index (κ1) is 15.8. The van der Waals surface area contributed by atoms with E-state index in [0.717, 1.165) is 4.68 Å². The third-order valence-corrected chi connectivity index (χ3v) is 2.44. The molecule has 0 atom stereocenters. The van der Waals surface area contributed by atoms with Crippen LogP contribution < -0.4 is 10.1 Å². The van der Waals surface area contributed by atoms with E-state index in [4.69, 9.17) is 4.74 Å². The highest BCUT2D eigenvalue weighted by atomic mass is 19.3. The second kappa shape index (κ2) is 6.92. The standard InChI is InChI=1S/C13H15F2N5O2/c1-8(2)22-12-4-3-11(17-18-12)16-13(21)9-5-6-20(19-9)7-10(14)15/h3-6,8,10H,7H2,1-2H3,(H,16,17,21). The van der Waals surface area contributed by atoms with Crippen LogP contribution in [-0.2, 0) is 6.54 Å². The van der Waals surface area contributed by atoms with Crippen molar-refractivity contribution < 1.29 is 18.3 Å². The van der Waals surface area contributed by atoms with Gasteiger partial charge in [-0.25, -0.2) is 8.78 Å². The fourth-order valence-electron chi connectivity index (χ4n) is 1.60. The number of rotatable bonds is 6. The Morgan fingerprint density at radius 2 is 2.09 bits per heavy atom. The van der Waals surface area contributed by atoms with E-state index in [0.29, 0.717) is 5.88 Å². The van der Waals surface area contributed by atoms with Gasteiger partial charge in [0.25, 0.3) is 12.3 Å². The van der Waals surface area contributed by atoms with Crippen molar-refractivity contribution in [3.63, 3.8) is 0 Å². The van der Waals surface area contributed by atoms with Gasteiger partial charge in [0.1, 0.15) is 6.54 Å². The first-order valence-electron chi connectivity index (χ1n) is 6.57. The largest absolute Gasteiger partial charge is 0.474 e. The predicted octanol–water partition coefficient (Wildman–Crippen LogP) is 1.98. The van der Waals surface area contributed by atoms with Crippen LogP contribution in [0.3, 0.4) is 0 Å². The van der Waals surface area contributed by atoms with E-state index in [-0.39, 0.29) is 17.6 Å². The minimum Gasteiger partial charge on any atom is -0.474 e. The predicted molar refractivity (Wildman–Crippen MR) is 74.0 cm³/mol. The average molecular weight is 311 g/mol. The molecule has 0 unspecified atom stereocenters. The maximum Gasteiger partial charge on any atom is 0.277 e. The molecule has 1 N–H and O–H groups in total. The molecule has 0 saturated carbocycles. The van der Waals surface area contributed by atoms with Gasteiger partial charge in [-0.1, -0.05) is 0 Å². The highest BCUT2D eigenvalue weighted by molar-refractivity contribution is 6.02. The summed E-state index contributed by atoms with van der Waals surface area (Å²) >= 11 is 0. The van der Waals surface area contributed by atoms with Crippen LogP contribution in [0.1, 0.15) is 24.3 Å². The zero-order chi connectivity index (χ0) is 16.1. The molecule has 2 aromatic heterocycles. The molecule has 0 bridgehead atoms. The van der Waals surface area contributed by atoms with Crippen LogP contribution in [-0.4, -0.2) is 38.4 Å². The Labute approximate surface area is 125 Å². The second-order valence-corrected chi connectivity index (χ2v) is 4.69. The molecule has 0 spiro atoms. The van der Waals surface area contributed by atoms with Gasteiger partial charge in [0.2, 0.25) is 5.88 Å². The molecular weight excluding hydrogens is 296 g/mol. The van der Waals surface area contributed by atoms with Crippen LogP contribution in [0.2, 0.25) is 0 Å². The number of amides is 1. The van der Waals surface area contributed by atoms with Crippen LogP contribution >= 0.6 is 0 Å². The highest BCUT2D eigenvalue weighted by Crippen LogP contribution is 2.11. The van der Waals surface area contributed by atoms with Crippen LogP contribution in [0.4, 0.5) is 14.6 Å². The molecule has 22 heavy (non-hydrogen) atoms. The molecule has 0 aromatic carbocycles. The van der Waals surface area contributed by atoms with Crippen molar-refractivity contribution in [2.24, 2.45) is 0 Å². The van der Waals surface area contributed by atoms with Crippen molar-refractivity contribution in [3.8, 4) is 5.88 Å². The second-order valence-electron chi connectivity index (χ2n) is 4.69. The summed E-state index contributed by atoms with van der Waals surface area (Å²) in [5, 5.41) is 13.8. The van der Waals surface area contributed by atoms with Gasteiger partial charge < -0.3 is 10.1 Å². The lowest BCUT2D eigenvalue weighted by Crippen LogP contribution is -2.16. The van der Waals surface area contributed by atoms with E-state index in [1.54, 1.807) is 6.07 Å². The van der Waals surface area contributed by atoms with Gasteiger partial charge in [-0.2, -0.15) is 5.10 Å². The molecule has 118 valence electrons. The van der Waals surface area contributed by atoms with Gasteiger partial charge >= 0.3 is 0 Å². The summed E-state index contributed by atoms with van der Waals surface area (Å²) in [5.74, 6) is -0.00132. The Bertz CT molecular complexity index is 628. The van der Waals surface area contributed by atoms with Gasteiger partial charge in [0, 0.05) is 12.3 Å². The van der Waals surface area contributed by atoms with Crippen LogP contribution in [0.25, 0.3) is 0 Å². The molecule has 0 aliphatic carbocycles. The van der Waals surface area contributed by atoms with Crippen LogP contribution in [0.15, 0.2) is 24.4 Å². The molecular formula is C13H15F2N5O2. The number of hydrogen-bond acceptors (Lipinski definition) is 5. The number of ether oxygens (including phenoxy) is 1. The maximum atomic E-state index is 12.2. The van der Waals surface area contributed by atoms with E-state index in [1.165, 1.54) is 18.3 Å². The summed E-state index contributed by atoms with van der Waals surface area (Å²) in [6.07, 6.45) is -1.25. The van der Waals surface area contributed by atoms with Gasteiger partial charge in [-0.05, 0) is 26.0 Å². The van der Waals surface area contributed by atoms with E-state index >= 15 is 0 Å². The SMILES string of the molecule is CC(C)Oc1ccc(NC(=O)c2ccn(CC(F)F)n2)nn1. The fourth-order valence-corrected chi connectivity index (χ4v) is 1.60. The molecule has 0 fully saturated rings. The number of anilines is 1. The number of carbonyl (C=O) groups is 1. The summed E-state index contributed by atoms with van der Waals surface area (Å²) in [5.41, 5.74) is 0.0185. The molecule has 9 heteroatoms. The number of hydrogen-bond donors (Lipinski definition) is 1. The Balaban J connectivity index is 1.98. The number of carbonyl (C=O) groups excluding carboxylic acids is 1. The molecule has 2 rings (SSSR count). The van der Waals surface area contributed by atoms with E-state index in [2.05, 4.69) is 20.6 Å². The van der Waals surface area contributed by atoms with Gasteiger partial charge in [0.05, 0.1) is 6.10 Å². The zero-order valence-corrected chi connectivity index (χ0v) is 12.0. The summed E-state index contributed by atoms with van der Waals surface area (Å²) in [6, 6.07) is 4.44. The number of aromatic nitrogens is 4. The first-order chi connectivity index (χ1) is 10.4. The summed E-state index contributed by atoms with van der Waals surface area (Å²) in [6.45, 7) is 3.15. The van der Waals surface area contributed by atoms with Crippen molar-refractivity contribution in [1.29, 1.82) is 0 Å². The summed E-state index contributed by atoms with van der Waals surface area (Å²) in [7, 11) is 0. The van der Waals surface area contributed by atoms with Crippen molar-refractivity contribution in [2.45, 2.75) is 32.9 Å². The molecule has 1 amide bonds. The monoisotopic (exact) mass is 311 g/mol. The quantitative estimate of drug-likeness (QED) is 0.882. The normalized spacial score (nSPS) is 11.0. The Morgan fingerprint density at radius 1 is 1.32 bits per heavy atom. The average Bonchev–Trinajstić information content (AvgIpc) is 2.88. The van der Waals surface area contributed by atoms with Gasteiger partial charge in [-0.3, -0.25) is 9.48 Å². The number of halogens is 2. The molecule has 0 radical (unpaired) electrons. The van der Waals surface area contributed by atoms with Crippen molar-refractivity contribution in [1.82, 2.24) is 20.0 Å². The van der Waals surface area contributed by atoms with Gasteiger partial charge in [0.15, 0.2) is 11.5 Å². The molecule has 0 aliphatic heterocycles. The lowest BCUT2D eigenvalue weighted by Gasteiger charge is -2.08. The lowest BCUT2D eigenvalue weighted by molar-refractivity contribution is 0.101. The summed E-state index contributed by atoms with van der Waals surface area (Å²) in [4.78, 5) is 11.9. The molecule has 2 aromatic rings. The van der Waals surface area contributed by atoms with E-state index < -0.39 is 18.9 Å².